The van der Waals surface area contributed by atoms with E-state index in [1.807, 2.05) is 34.5 Å². The third-order valence-corrected chi connectivity index (χ3v) is 11.6. The molecule has 0 bridgehead atoms. The minimum atomic E-state index is -5.36. The highest BCUT2D eigenvalue weighted by Gasteiger charge is 2.44. The number of piperidine rings is 1. The highest BCUT2D eigenvalue weighted by Crippen LogP contribution is 2.36. The van der Waals surface area contributed by atoms with Crippen molar-refractivity contribution in [2.45, 2.75) is 70.1 Å². The number of benzene rings is 2. The average molecular weight is 858 g/mol. The summed E-state index contributed by atoms with van der Waals surface area (Å²) in [6.07, 6.45) is -9.57. The Morgan fingerprint density at radius 3 is 2.45 bits per heavy atom. The molecule has 314 valence electrons. The first kappa shape index (κ1) is 43.2. The summed E-state index contributed by atoms with van der Waals surface area (Å²) < 4.78 is 93.7. The first-order valence-electron chi connectivity index (χ1n) is 18.5. The van der Waals surface area contributed by atoms with Gasteiger partial charge in [0.05, 0.1) is 28.5 Å². The molecule has 4 heterocycles. The van der Waals surface area contributed by atoms with Crippen LogP contribution in [0.1, 0.15) is 65.0 Å². The van der Waals surface area contributed by atoms with E-state index in [9.17, 15) is 45.5 Å². The van der Waals surface area contributed by atoms with Crippen LogP contribution in [-0.2, 0) is 38.4 Å². The van der Waals surface area contributed by atoms with Crippen LogP contribution in [0.5, 0.6) is 5.75 Å². The zero-order chi connectivity index (χ0) is 41.8. The number of fused-ring (bicyclic) bond motifs is 1. The summed E-state index contributed by atoms with van der Waals surface area (Å²) in [5.41, 5.74) is 1.54. The highest BCUT2D eigenvalue weighted by atomic mass is 32.1. The van der Waals surface area contributed by atoms with E-state index < -0.39 is 46.6 Å². The monoisotopic (exact) mass is 857 g/mol. The molecule has 2 N–H and O–H groups in total. The molecule has 2 aromatic carbocycles. The van der Waals surface area contributed by atoms with Crippen LogP contribution in [0.2, 0.25) is 0 Å². The van der Waals surface area contributed by atoms with E-state index in [4.69, 9.17) is 9.47 Å². The molecule has 2 aliphatic heterocycles. The third-order valence-electron chi connectivity index (χ3n) is 9.81. The van der Waals surface area contributed by atoms with Crippen LogP contribution in [0.3, 0.4) is 0 Å². The Bertz CT molecular complexity index is 2160. The van der Waals surface area contributed by atoms with Gasteiger partial charge >= 0.3 is 29.2 Å². The number of ether oxygens (including phenoxy) is 3. The quantitative estimate of drug-likeness (QED) is 0.0691. The van der Waals surface area contributed by atoms with Gasteiger partial charge in [0, 0.05) is 50.1 Å². The lowest BCUT2D eigenvalue weighted by Gasteiger charge is -2.47. The van der Waals surface area contributed by atoms with Crippen LogP contribution in [0.25, 0.3) is 10.2 Å². The molecule has 1 amide bonds. The first-order valence-corrected chi connectivity index (χ1v) is 20.2. The fraction of sp³-hybridized carbons (Fsp3) is 0.500. The van der Waals surface area contributed by atoms with Gasteiger partial charge in [-0.3, -0.25) is 14.5 Å². The number of carbonyl (C=O) groups excluding carboxylic acids is 3. The Hall–Kier alpha value is -4.37. The van der Waals surface area contributed by atoms with Gasteiger partial charge in [0.15, 0.2) is 5.75 Å². The van der Waals surface area contributed by atoms with Gasteiger partial charge in [-0.25, -0.2) is 14.6 Å². The Kier molecular flexibility index (Phi) is 13.3. The van der Waals surface area contributed by atoms with Gasteiger partial charge in [0.1, 0.15) is 17.3 Å². The van der Waals surface area contributed by atoms with Crippen molar-refractivity contribution in [1.82, 2.24) is 25.1 Å². The molecule has 58 heavy (non-hydrogen) atoms. The summed E-state index contributed by atoms with van der Waals surface area (Å²) in [6, 6.07) is 9.73. The number of amides is 1. The predicted octanol–water partition coefficient (Wildman–Crippen LogP) is 6.20. The van der Waals surface area contributed by atoms with Crippen molar-refractivity contribution in [3.63, 3.8) is 0 Å². The molecular formula is C38H41F6N5O7S2. The number of aromatic amines is 1. The lowest BCUT2D eigenvalue weighted by molar-refractivity contribution is -0.205. The fourth-order valence-corrected chi connectivity index (χ4v) is 8.89. The van der Waals surface area contributed by atoms with Crippen LogP contribution in [-0.4, -0.2) is 101 Å². The summed E-state index contributed by atoms with van der Waals surface area (Å²) in [5.74, 6) is -5.37. The van der Waals surface area contributed by atoms with Crippen LogP contribution in [0, 0.1) is 5.92 Å². The number of morpholine rings is 1. The number of alkyl halides is 6. The number of rotatable bonds is 13. The number of carbonyl (C=O) groups is 3. The molecule has 1 spiro atoms. The van der Waals surface area contributed by atoms with Gasteiger partial charge in [-0.2, -0.15) is 26.3 Å². The summed E-state index contributed by atoms with van der Waals surface area (Å²) in [4.78, 5) is 59.1. The van der Waals surface area contributed by atoms with Crippen molar-refractivity contribution in [3.05, 3.63) is 78.8 Å². The van der Waals surface area contributed by atoms with Crippen molar-refractivity contribution in [2.24, 2.45) is 5.92 Å². The van der Waals surface area contributed by atoms with Gasteiger partial charge in [-0.05, 0) is 55.0 Å². The molecule has 2 saturated heterocycles. The second-order valence-electron chi connectivity index (χ2n) is 14.7. The molecule has 0 unspecified atom stereocenters. The molecule has 1 atom stereocenters. The molecule has 6 rings (SSSR count). The molecular weight excluding hydrogens is 817 g/mol. The normalized spacial score (nSPS) is 16.9. The van der Waals surface area contributed by atoms with Gasteiger partial charge in [-0.15, -0.1) is 11.3 Å². The average Bonchev–Trinajstić information content (AvgIpc) is 3.79. The van der Waals surface area contributed by atoms with E-state index in [1.165, 1.54) is 11.3 Å². The zero-order valence-electron chi connectivity index (χ0n) is 31.5. The molecule has 0 radical (unpaired) electrons. The van der Waals surface area contributed by atoms with Crippen LogP contribution >= 0.6 is 22.7 Å². The van der Waals surface area contributed by atoms with Gasteiger partial charge in [-0.1, -0.05) is 49.4 Å². The number of thiazole rings is 2. The van der Waals surface area contributed by atoms with Crippen LogP contribution < -0.4 is 14.9 Å². The molecule has 4 aromatic rings. The second kappa shape index (κ2) is 17.9. The second-order valence-corrected chi connectivity index (χ2v) is 16.6. The molecule has 0 aliphatic carbocycles. The molecule has 12 nitrogen and oxygen atoms in total. The van der Waals surface area contributed by atoms with E-state index in [-0.39, 0.29) is 34.8 Å². The maximum Gasteiger partial charge on any atom is 0.491 e. The largest absolute Gasteiger partial charge is 0.491 e. The maximum absolute atomic E-state index is 13.3. The molecule has 0 saturated carbocycles. The van der Waals surface area contributed by atoms with Crippen molar-refractivity contribution in [3.8, 4) is 5.75 Å². The van der Waals surface area contributed by atoms with Crippen molar-refractivity contribution in [1.29, 1.82) is 0 Å². The standard InChI is InChI=1S/C38H41F6N5O7S2/c1-22(2)16-29-46-26(20-57-29)32(50)49-14-15-54-36(21-49)9-12-48(13-10-36)19-24-5-3-4-23(17-24)8-11-45-18-28(56-34(52)38(42,43)44)25-6-7-27(55-33(51)37(39,40)41)30-31(25)58-35(53)47-30/h3-7,17,20,22,28,45H,8-16,18-19,21H2,1-2H3,(H,47,53)/t28-/m0/s1. The van der Waals surface area contributed by atoms with Gasteiger partial charge in [0.25, 0.3) is 5.91 Å². The number of halogens is 6. The van der Waals surface area contributed by atoms with Crippen molar-refractivity contribution >= 4 is 50.7 Å². The molecule has 2 fully saturated rings. The van der Waals surface area contributed by atoms with Crippen LogP contribution in [0.15, 0.2) is 46.6 Å². The smallest absolute Gasteiger partial charge is 0.449 e. The summed E-state index contributed by atoms with van der Waals surface area (Å²) in [7, 11) is 0. The molecule has 2 aliphatic rings. The Balaban J connectivity index is 1.04. The minimum absolute atomic E-state index is 0.0670. The van der Waals surface area contributed by atoms with E-state index in [1.54, 1.807) is 0 Å². The van der Waals surface area contributed by atoms with E-state index in [2.05, 4.69) is 38.8 Å². The van der Waals surface area contributed by atoms with E-state index >= 15 is 0 Å². The van der Waals surface area contributed by atoms with E-state index in [0.29, 0.717) is 55.6 Å². The lowest BCUT2D eigenvalue weighted by atomic mass is 9.89. The SMILES string of the molecule is CC(C)Cc1nc(C(=O)N2CCOC3(CCN(Cc4cccc(CCNC[C@H](OC(=O)C(F)(F)F)c5ccc(OC(=O)C(F)(F)F)c6[nH]c(=O)sc56)c4)CC3)C2)cs1. The van der Waals surface area contributed by atoms with E-state index in [0.717, 1.165) is 60.6 Å². The Morgan fingerprint density at radius 1 is 1.02 bits per heavy atom. The molecule has 2 aromatic heterocycles. The van der Waals surface area contributed by atoms with Crippen molar-refractivity contribution in [2.75, 3.05) is 45.9 Å². The number of nitrogens with zero attached hydrogens (tertiary/aromatic N) is 3. The van der Waals surface area contributed by atoms with Gasteiger partial charge < -0.3 is 29.4 Å². The number of hydrogen-bond donors (Lipinski definition) is 2. The first-order chi connectivity index (χ1) is 27.4. The minimum Gasteiger partial charge on any atom is -0.449 e. The number of likely N-dealkylation sites (tertiary alicyclic amines) is 1. The summed E-state index contributed by atoms with van der Waals surface area (Å²) in [5, 5.41) is 5.77. The zero-order valence-corrected chi connectivity index (χ0v) is 33.1. The number of esters is 2. The summed E-state index contributed by atoms with van der Waals surface area (Å²) in [6.45, 7) is 7.78. The maximum atomic E-state index is 13.3. The Labute approximate surface area is 336 Å². The lowest BCUT2D eigenvalue weighted by Crippen LogP contribution is -2.58. The number of hydrogen-bond acceptors (Lipinski definition) is 12. The highest BCUT2D eigenvalue weighted by molar-refractivity contribution is 7.16. The number of H-pyrrole nitrogens is 1. The van der Waals surface area contributed by atoms with Gasteiger partial charge in [0.2, 0.25) is 0 Å². The number of aromatic nitrogens is 2. The topological polar surface area (TPSA) is 143 Å². The molecule has 20 heteroatoms. The third kappa shape index (κ3) is 10.8. The Morgan fingerprint density at radius 2 is 1.74 bits per heavy atom. The number of nitrogens with one attached hydrogen (secondary N) is 2. The summed E-state index contributed by atoms with van der Waals surface area (Å²) >= 11 is 1.95. The van der Waals surface area contributed by atoms with Crippen LogP contribution in [0.4, 0.5) is 26.3 Å². The fourth-order valence-electron chi connectivity index (χ4n) is 7.00. The predicted molar refractivity (Wildman–Crippen MR) is 202 cm³/mol. The van der Waals surface area contributed by atoms with Crippen molar-refractivity contribution < 1.29 is 54.9 Å².